The molecule has 0 radical (unpaired) electrons. The zero-order valence-corrected chi connectivity index (χ0v) is 14.6. The Bertz CT molecular complexity index is 974. The fourth-order valence-corrected chi connectivity index (χ4v) is 3.77. The van der Waals surface area contributed by atoms with E-state index in [1.54, 1.807) is 18.3 Å². The van der Waals surface area contributed by atoms with Crippen LogP contribution in [0, 0.1) is 0 Å². The molecule has 1 nitrogen and oxygen atoms in total. The third kappa shape index (κ3) is 3.65. The lowest BCUT2D eigenvalue weighted by Gasteiger charge is -2.16. The second-order valence-electron chi connectivity index (χ2n) is 6.74. The molecule has 0 aliphatic heterocycles. The van der Waals surface area contributed by atoms with Crippen molar-refractivity contribution in [1.82, 2.24) is 4.98 Å². The van der Waals surface area contributed by atoms with Crippen LogP contribution in [0.2, 0.25) is 0 Å². The Kier molecular flexibility index (Phi) is 4.56. The maximum atomic E-state index is 13.4. The molecule has 3 aromatic rings. The van der Waals surface area contributed by atoms with Crippen LogP contribution in [-0.4, -0.2) is 4.98 Å². The number of hydrogen-bond acceptors (Lipinski definition) is 1. The Labute approximate surface area is 156 Å². The number of benzene rings is 2. The smallest absolute Gasteiger partial charge is 0.261 e. The highest BCUT2D eigenvalue weighted by molar-refractivity contribution is 5.76. The van der Waals surface area contributed by atoms with Gasteiger partial charge in [0.15, 0.2) is 0 Å². The van der Waals surface area contributed by atoms with Gasteiger partial charge in [-0.1, -0.05) is 54.6 Å². The molecule has 0 bridgehead atoms. The Morgan fingerprint density at radius 3 is 2.37 bits per heavy atom. The molecule has 1 aromatic heterocycles. The molecule has 0 saturated heterocycles. The molecule has 1 heterocycles. The number of rotatable bonds is 4. The molecular weight excluding hydrogens is 347 g/mol. The van der Waals surface area contributed by atoms with Crippen molar-refractivity contribution in [2.45, 2.75) is 24.9 Å². The lowest BCUT2D eigenvalue weighted by atomic mass is 9.91. The molecule has 1 unspecified atom stereocenters. The average molecular weight is 365 g/mol. The second-order valence-corrected chi connectivity index (χ2v) is 6.74. The van der Waals surface area contributed by atoms with Gasteiger partial charge in [0.25, 0.3) is 0 Å². The Morgan fingerprint density at radius 1 is 0.852 bits per heavy atom. The van der Waals surface area contributed by atoms with Crippen molar-refractivity contribution >= 4 is 5.57 Å². The van der Waals surface area contributed by atoms with E-state index < -0.39 is 11.7 Å². The lowest BCUT2D eigenvalue weighted by molar-refractivity contribution is -0.138. The van der Waals surface area contributed by atoms with E-state index in [1.807, 2.05) is 42.5 Å². The summed E-state index contributed by atoms with van der Waals surface area (Å²) >= 11 is 0. The molecule has 0 fully saturated rings. The molecule has 4 heteroatoms. The largest absolute Gasteiger partial charge is 0.416 e. The lowest BCUT2D eigenvalue weighted by Crippen LogP contribution is -2.10. The maximum Gasteiger partial charge on any atom is 0.416 e. The highest BCUT2D eigenvalue weighted by Gasteiger charge is 2.34. The summed E-state index contributed by atoms with van der Waals surface area (Å²) in [4.78, 5) is 4.38. The van der Waals surface area contributed by atoms with E-state index in [1.165, 1.54) is 6.07 Å². The molecule has 4 rings (SSSR count). The van der Waals surface area contributed by atoms with Crippen LogP contribution in [0.25, 0.3) is 5.57 Å². The van der Waals surface area contributed by atoms with Gasteiger partial charge in [0.1, 0.15) is 0 Å². The summed E-state index contributed by atoms with van der Waals surface area (Å²) in [7, 11) is 0. The van der Waals surface area contributed by atoms with Crippen molar-refractivity contribution in [3.63, 3.8) is 0 Å². The number of fused-ring (bicyclic) bond motifs is 1. The zero-order valence-electron chi connectivity index (χ0n) is 14.6. The van der Waals surface area contributed by atoms with E-state index in [4.69, 9.17) is 0 Å². The fourth-order valence-electron chi connectivity index (χ4n) is 3.77. The summed E-state index contributed by atoms with van der Waals surface area (Å²) in [5.74, 6) is -0.0663. The predicted molar refractivity (Wildman–Crippen MR) is 100 cm³/mol. The number of pyridine rings is 1. The summed E-state index contributed by atoms with van der Waals surface area (Å²) in [6, 6.07) is 19.6. The first-order valence-electron chi connectivity index (χ1n) is 8.87. The number of aromatic nitrogens is 1. The van der Waals surface area contributed by atoms with Gasteiger partial charge in [-0.05, 0) is 46.9 Å². The van der Waals surface area contributed by atoms with E-state index in [0.717, 1.165) is 28.5 Å². The molecule has 0 N–H and O–H groups in total. The van der Waals surface area contributed by atoms with Crippen molar-refractivity contribution in [3.05, 3.63) is 107 Å². The summed E-state index contributed by atoms with van der Waals surface area (Å²) in [6.07, 6.45) is 0.531. The minimum absolute atomic E-state index is 0.0663. The van der Waals surface area contributed by atoms with Gasteiger partial charge in [0.2, 0.25) is 0 Å². The van der Waals surface area contributed by atoms with Gasteiger partial charge in [-0.25, -0.2) is 0 Å². The van der Waals surface area contributed by atoms with Crippen molar-refractivity contribution in [2.24, 2.45) is 0 Å². The number of alkyl halides is 3. The molecule has 136 valence electrons. The minimum atomic E-state index is -4.34. The fraction of sp³-hybridized carbons (Fsp3) is 0.174. The highest BCUT2D eigenvalue weighted by atomic mass is 19.4. The number of halogens is 3. The first kappa shape index (κ1) is 17.5. The van der Waals surface area contributed by atoms with E-state index in [2.05, 4.69) is 11.1 Å². The quantitative estimate of drug-likeness (QED) is 0.547. The Hall–Kier alpha value is -2.88. The molecule has 0 spiro atoms. The minimum Gasteiger partial charge on any atom is -0.261 e. The second kappa shape index (κ2) is 7.03. The van der Waals surface area contributed by atoms with Crippen LogP contribution in [0.15, 0.2) is 79.0 Å². The van der Waals surface area contributed by atoms with Crippen LogP contribution in [0.1, 0.15) is 33.9 Å². The molecule has 2 aromatic carbocycles. The van der Waals surface area contributed by atoms with Gasteiger partial charge in [0, 0.05) is 24.2 Å². The number of nitrogens with zero attached hydrogens (tertiary/aromatic N) is 1. The van der Waals surface area contributed by atoms with Crippen molar-refractivity contribution < 1.29 is 13.2 Å². The summed E-state index contributed by atoms with van der Waals surface area (Å²) in [6.45, 7) is 0. The van der Waals surface area contributed by atoms with Crippen molar-refractivity contribution in [1.29, 1.82) is 0 Å². The normalized spacial score (nSPS) is 16.1. The Balaban J connectivity index is 1.68. The summed E-state index contributed by atoms with van der Waals surface area (Å²) < 4.78 is 40.1. The van der Waals surface area contributed by atoms with Gasteiger partial charge < -0.3 is 0 Å². The van der Waals surface area contributed by atoms with E-state index >= 15 is 0 Å². The molecule has 27 heavy (non-hydrogen) atoms. The molecule has 0 saturated carbocycles. The average Bonchev–Trinajstić information content (AvgIpc) is 3.00. The molecular formula is C23H18F3N. The van der Waals surface area contributed by atoms with Crippen LogP contribution in [-0.2, 0) is 19.0 Å². The first-order valence-corrected chi connectivity index (χ1v) is 8.87. The third-order valence-corrected chi connectivity index (χ3v) is 4.97. The SMILES string of the molecule is FC(F)(F)c1ccccc1CC1C=C(Cc2ccccn2)c2ccccc21. The van der Waals surface area contributed by atoms with Crippen molar-refractivity contribution in [3.8, 4) is 0 Å². The van der Waals surface area contributed by atoms with Crippen LogP contribution >= 0.6 is 0 Å². The van der Waals surface area contributed by atoms with Gasteiger partial charge in [-0.2, -0.15) is 13.2 Å². The van der Waals surface area contributed by atoms with E-state index in [-0.39, 0.29) is 5.92 Å². The number of hydrogen-bond donors (Lipinski definition) is 0. The van der Waals surface area contributed by atoms with Crippen LogP contribution in [0.3, 0.4) is 0 Å². The van der Waals surface area contributed by atoms with Crippen molar-refractivity contribution in [2.75, 3.05) is 0 Å². The van der Waals surface area contributed by atoms with Crippen LogP contribution in [0.4, 0.5) is 13.2 Å². The van der Waals surface area contributed by atoms with Gasteiger partial charge in [-0.15, -0.1) is 0 Å². The topological polar surface area (TPSA) is 12.9 Å². The molecule has 1 aliphatic rings. The first-order chi connectivity index (χ1) is 13.0. The summed E-state index contributed by atoms with van der Waals surface area (Å²) in [5.41, 5.74) is 4.06. The number of allylic oxidation sites excluding steroid dienone is 2. The van der Waals surface area contributed by atoms with E-state index in [9.17, 15) is 13.2 Å². The standard InChI is InChI=1S/C23H18F3N/c24-23(25,26)22-11-4-1-7-16(22)13-17-14-18(15-19-8-5-6-12-27-19)21-10-3-2-9-20(17)21/h1-12,14,17H,13,15H2. The van der Waals surface area contributed by atoms with Gasteiger partial charge in [-0.3, -0.25) is 4.98 Å². The van der Waals surface area contributed by atoms with Crippen LogP contribution < -0.4 is 0 Å². The Morgan fingerprint density at radius 2 is 1.59 bits per heavy atom. The highest BCUT2D eigenvalue weighted by Crippen LogP contribution is 2.41. The molecule has 0 amide bonds. The predicted octanol–water partition coefficient (Wildman–Crippen LogP) is 6.07. The van der Waals surface area contributed by atoms with E-state index in [0.29, 0.717) is 18.4 Å². The molecule has 1 atom stereocenters. The maximum absolute atomic E-state index is 13.4. The zero-order chi connectivity index (χ0) is 18.9. The van der Waals surface area contributed by atoms with Gasteiger partial charge >= 0.3 is 6.18 Å². The third-order valence-electron chi connectivity index (χ3n) is 4.97. The summed E-state index contributed by atoms with van der Waals surface area (Å²) in [5, 5.41) is 0. The molecule has 1 aliphatic carbocycles. The monoisotopic (exact) mass is 365 g/mol. The van der Waals surface area contributed by atoms with Crippen LogP contribution in [0.5, 0.6) is 0 Å². The van der Waals surface area contributed by atoms with Gasteiger partial charge in [0.05, 0.1) is 5.56 Å².